The van der Waals surface area contributed by atoms with Gasteiger partial charge in [0.15, 0.2) is 0 Å². The topological polar surface area (TPSA) is 63.8 Å². The van der Waals surface area contributed by atoms with Crippen molar-refractivity contribution in [1.82, 2.24) is 10.2 Å². The molecule has 1 heterocycles. The Kier molecular flexibility index (Phi) is 3.23. The highest BCUT2D eigenvalue weighted by molar-refractivity contribution is 5.42. The Hall–Kier alpha value is -2.10. The van der Waals surface area contributed by atoms with E-state index in [9.17, 15) is 0 Å². The molecule has 1 atom stereocenters. The maximum absolute atomic E-state index is 5.65. The highest BCUT2D eigenvalue weighted by atomic mass is 15.2. The number of nitrogens with two attached hydrogens (primary N) is 1. The second-order valence-corrected chi connectivity index (χ2v) is 4.09. The van der Waals surface area contributed by atoms with Crippen LogP contribution in [-0.2, 0) is 0 Å². The van der Waals surface area contributed by atoms with E-state index in [1.54, 1.807) is 0 Å². The maximum Gasteiger partial charge on any atom is 0.149 e. The first-order chi connectivity index (χ1) is 8.15. The monoisotopic (exact) mass is 228 g/mol. The number of anilines is 2. The quantitative estimate of drug-likeness (QED) is 0.792. The summed E-state index contributed by atoms with van der Waals surface area (Å²) < 4.78 is 0. The molecule has 0 saturated carbocycles. The van der Waals surface area contributed by atoms with Gasteiger partial charge in [0.05, 0.1) is 11.7 Å². The molecular weight excluding hydrogens is 212 g/mol. The molecule has 1 aromatic heterocycles. The molecule has 0 saturated heterocycles. The van der Waals surface area contributed by atoms with Gasteiger partial charge in [-0.1, -0.05) is 12.1 Å². The van der Waals surface area contributed by atoms with Crippen LogP contribution in [0.3, 0.4) is 0 Å². The van der Waals surface area contributed by atoms with Crippen LogP contribution in [0.25, 0.3) is 0 Å². The standard InChI is InChI=1S/C13H16N4/c1-9-3-8-13(17-16-9)15-10(2)11-4-6-12(14)7-5-11/h3-8,10H,14H2,1-2H3,(H,15,17). The van der Waals surface area contributed by atoms with E-state index in [2.05, 4.69) is 22.4 Å². The Morgan fingerprint density at radius 1 is 1.06 bits per heavy atom. The lowest BCUT2D eigenvalue weighted by molar-refractivity contribution is 0.855. The molecule has 4 nitrogen and oxygen atoms in total. The van der Waals surface area contributed by atoms with E-state index in [-0.39, 0.29) is 6.04 Å². The maximum atomic E-state index is 5.65. The van der Waals surface area contributed by atoms with E-state index in [1.165, 1.54) is 5.56 Å². The lowest BCUT2D eigenvalue weighted by atomic mass is 10.1. The fraction of sp³-hybridized carbons (Fsp3) is 0.231. The van der Waals surface area contributed by atoms with Crippen LogP contribution in [0.1, 0.15) is 24.2 Å². The third-order valence-corrected chi connectivity index (χ3v) is 2.60. The largest absolute Gasteiger partial charge is 0.399 e. The summed E-state index contributed by atoms with van der Waals surface area (Å²) in [4.78, 5) is 0. The average Bonchev–Trinajstić information content (AvgIpc) is 2.33. The SMILES string of the molecule is Cc1ccc(NC(C)c2ccc(N)cc2)nn1. The van der Waals surface area contributed by atoms with Crippen molar-refractivity contribution in [3.05, 3.63) is 47.7 Å². The molecule has 0 bridgehead atoms. The van der Waals surface area contributed by atoms with Crippen molar-refractivity contribution in [2.45, 2.75) is 19.9 Å². The van der Waals surface area contributed by atoms with Crippen molar-refractivity contribution in [3.63, 3.8) is 0 Å². The number of nitrogens with one attached hydrogen (secondary N) is 1. The minimum Gasteiger partial charge on any atom is -0.399 e. The van der Waals surface area contributed by atoms with Crippen LogP contribution in [0.2, 0.25) is 0 Å². The zero-order chi connectivity index (χ0) is 12.3. The molecule has 17 heavy (non-hydrogen) atoms. The van der Waals surface area contributed by atoms with Crippen LogP contribution in [0, 0.1) is 6.92 Å². The lowest BCUT2D eigenvalue weighted by Gasteiger charge is -2.14. The zero-order valence-electron chi connectivity index (χ0n) is 10.0. The van der Waals surface area contributed by atoms with Gasteiger partial charge in [-0.25, -0.2) is 0 Å². The van der Waals surface area contributed by atoms with Gasteiger partial charge in [-0.05, 0) is 43.7 Å². The predicted molar refractivity (Wildman–Crippen MR) is 69.7 cm³/mol. The van der Waals surface area contributed by atoms with Gasteiger partial charge in [-0.15, -0.1) is 5.10 Å². The minimum absolute atomic E-state index is 0.174. The summed E-state index contributed by atoms with van der Waals surface area (Å²) in [6.45, 7) is 3.99. The Morgan fingerprint density at radius 3 is 2.35 bits per heavy atom. The molecule has 4 heteroatoms. The average molecular weight is 228 g/mol. The molecule has 0 fully saturated rings. The number of rotatable bonds is 3. The van der Waals surface area contributed by atoms with Crippen molar-refractivity contribution in [1.29, 1.82) is 0 Å². The van der Waals surface area contributed by atoms with E-state index in [4.69, 9.17) is 5.73 Å². The Labute approximate surface area is 101 Å². The molecule has 3 N–H and O–H groups in total. The highest BCUT2D eigenvalue weighted by Gasteiger charge is 2.05. The Bertz CT molecular complexity index is 476. The van der Waals surface area contributed by atoms with E-state index < -0.39 is 0 Å². The van der Waals surface area contributed by atoms with Crippen molar-refractivity contribution >= 4 is 11.5 Å². The normalized spacial score (nSPS) is 12.1. The number of aromatic nitrogens is 2. The second-order valence-electron chi connectivity index (χ2n) is 4.09. The summed E-state index contributed by atoms with van der Waals surface area (Å²) >= 11 is 0. The molecule has 0 radical (unpaired) electrons. The predicted octanol–water partition coefficient (Wildman–Crippen LogP) is 2.54. The number of nitrogens with zero attached hydrogens (tertiary/aromatic N) is 2. The van der Waals surface area contributed by atoms with E-state index in [0.29, 0.717) is 0 Å². The van der Waals surface area contributed by atoms with Gasteiger partial charge >= 0.3 is 0 Å². The second kappa shape index (κ2) is 4.82. The van der Waals surface area contributed by atoms with Crippen LogP contribution in [0.15, 0.2) is 36.4 Å². The van der Waals surface area contributed by atoms with Gasteiger partial charge in [-0.2, -0.15) is 5.10 Å². The number of aryl methyl sites for hydroxylation is 1. The summed E-state index contributed by atoms with van der Waals surface area (Å²) in [6, 6.07) is 11.8. The molecule has 1 aromatic carbocycles. The molecule has 2 rings (SSSR count). The van der Waals surface area contributed by atoms with Crippen LogP contribution in [-0.4, -0.2) is 10.2 Å². The first kappa shape index (κ1) is 11.4. The fourth-order valence-electron chi connectivity index (χ4n) is 1.57. The minimum atomic E-state index is 0.174. The van der Waals surface area contributed by atoms with Gasteiger partial charge in [0, 0.05) is 5.69 Å². The van der Waals surface area contributed by atoms with E-state index in [1.807, 2.05) is 43.3 Å². The molecule has 0 amide bonds. The number of nitrogen functional groups attached to an aromatic ring is 1. The summed E-state index contributed by atoms with van der Waals surface area (Å²) in [5, 5.41) is 11.4. The van der Waals surface area contributed by atoms with Crippen LogP contribution >= 0.6 is 0 Å². The van der Waals surface area contributed by atoms with Gasteiger partial charge in [-0.3, -0.25) is 0 Å². The van der Waals surface area contributed by atoms with Crippen molar-refractivity contribution in [2.75, 3.05) is 11.1 Å². The van der Waals surface area contributed by atoms with Crippen LogP contribution in [0.5, 0.6) is 0 Å². The van der Waals surface area contributed by atoms with Crippen molar-refractivity contribution < 1.29 is 0 Å². The van der Waals surface area contributed by atoms with Gasteiger partial charge in [0.25, 0.3) is 0 Å². The van der Waals surface area contributed by atoms with Gasteiger partial charge < -0.3 is 11.1 Å². The first-order valence-electron chi connectivity index (χ1n) is 5.57. The smallest absolute Gasteiger partial charge is 0.149 e. The molecule has 0 spiro atoms. The number of benzene rings is 1. The van der Waals surface area contributed by atoms with Crippen LogP contribution in [0.4, 0.5) is 11.5 Å². The van der Waals surface area contributed by atoms with Crippen LogP contribution < -0.4 is 11.1 Å². The number of hydrogen-bond acceptors (Lipinski definition) is 4. The van der Waals surface area contributed by atoms with E-state index in [0.717, 1.165) is 17.2 Å². The molecule has 2 aromatic rings. The third-order valence-electron chi connectivity index (χ3n) is 2.60. The van der Waals surface area contributed by atoms with Crippen molar-refractivity contribution in [3.8, 4) is 0 Å². The molecule has 0 aliphatic carbocycles. The summed E-state index contributed by atoms with van der Waals surface area (Å²) in [5.74, 6) is 0.778. The van der Waals surface area contributed by atoms with Crippen molar-refractivity contribution in [2.24, 2.45) is 0 Å². The molecule has 0 aliphatic rings. The van der Waals surface area contributed by atoms with Gasteiger partial charge in [0.1, 0.15) is 5.82 Å². The molecule has 88 valence electrons. The molecule has 0 aliphatic heterocycles. The lowest BCUT2D eigenvalue weighted by Crippen LogP contribution is -2.08. The fourth-order valence-corrected chi connectivity index (χ4v) is 1.57. The molecular formula is C13H16N4. The Morgan fingerprint density at radius 2 is 1.76 bits per heavy atom. The Balaban J connectivity index is 2.08. The zero-order valence-corrected chi connectivity index (χ0v) is 10.0. The number of hydrogen-bond donors (Lipinski definition) is 2. The van der Waals surface area contributed by atoms with E-state index >= 15 is 0 Å². The van der Waals surface area contributed by atoms with Gasteiger partial charge in [0.2, 0.25) is 0 Å². The third kappa shape index (κ3) is 2.93. The molecule has 1 unspecified atom stereocenters. The summed E-state index contributed by atoms with van der Waals surface area (Å²) in [5.41, 5.74) is 8.51. The highest BCUT2D eigenvalue weighted by Crippen LogP contribution is 2.18. The summed E-state index contributed by atoms with van der Waals surface area (Å²) in [6.07, 6.45) is 0. The summed E-state index contributed by atoms with van der Waals surface area (Å²) in [7, 11) is 0. The first-order valence-corrected chi connectivity index (χ1v) is 5.57.